The van der Waals surface area contributed by atoms with Gasteiger partial charge < -0.3 is 0 Å². The van der Waals surface area contributed by atoms with Crippen LogP contribution in [0.3, 0.4) is 0 Å². The molecule has 0 saturated heterocycles. The van der Waals surface area contributed by atoms with Crippen molar-refractivity contribution in [1.29, 1.82) is 0 Å². The van der Waals surface area contributed by atoms with E-state index in [1.807, 2.05) is 6.08 Å². The van der Waals surface area contributed by atoms with Gasteiger partial charge in [0, 0.05) is 12.1 Å². The van der Waals surface area contributed by atoms with Crippen LogP contribution >= 0.6 is 0 Å². The van der Waals surface area contributed by atoms with E-state index in [0.29, 0.717) is 0 Å². The Morgan fingerprint density at radius 1 is 1.00 bits per heavy atom. The molecule has 0 spiro atoms. The molecule has 0 bridgehead atoms. The van der Waals surface area contributed by atoms with Crippen LogP contribution in [0.2, 0.25) is 0 Å². The quantitative estimate of drug-likeness (QED) is 0.332. The molecule has 0 aliphatic carbocycles. The molecule has 0 aromatic heterocycles. The Morgan fingerprint density at radius 2 is 1.65 bits per heavy atom. The third-order valence-corrected chi connectivity index (χ3v) is 3.25. The van der Waals surface area contributed by atoms with Crippen molar-refractivity contribution in [2.75, 3.05) is 6.54 Å². The summed E-state index contributed by atoms with van der Waals surface area (Å²) in [4.78, 5) is 0. The van der Waals surface area contributed by atoms with Gasteiger partial charge in [0.2, 0.25) is 0 Å². The third kappa shape index (κ3) is 12.0. The van der Waals surface area contributed by atoms with Crippen molar-refractivity contribution in [2.24, 2.45) is 0 Å². The van der Waals surface area contributed by atoms with E-state index in [0.717, 1.165) is 6.54 Å². The van der Waals surface area contributed by atoms with Crippen molar-refractivity contribution in [3.8, 4) is 0 Å². The van der Waals surface area contributed by atoms with E-state index in [-0.39, 0.29) is 5.54 Å². The van der Waals surface area contributed by atoms with Gasteiger partial charge in [0.1, 0.15) is 0 Å². The predicted octanol–water partition coefficient (Wildman–Crippen LogP) is 5.09. The average molecular weight is 238 g/mol. The fourth-order valence-corrected chi connectivity index (χ4v) is 2.00. The minimum Gasteiger partial charge on any atom is -0.236 e. The maximum absolute atomic E-state index is 4.78. The smallest absolute Gasteiger partial charge is 0.0300 e. The summed E-state index contributed by atoms with van der Waals surface area (Å²) in [6, 6.07) is 0. The molecule has 0 aromatic rings. The second kappa shape index (κ2) is 10.8. The summed E-state index contributed by atoms with van der Waals surface area (Å²) in [7, 11) is 0. The molecule has 1 radical (unpaired) electrons. The normalized spacial score (nSPS) is 11.7. The monoisotopic (exact) mass is 238 g/mol. The van der Waals surface area contributed by atoms with Crippen LogP contribution in [0.5, 0.6) is 0 Å². The Labute approximate surface area is 109 Å². The van der Waals surface area contributed by atoms with Gasteiger partial charge in [-0.2, -0.15) is 0 Å². The molecule has 0 heterocycles. The minimum atomic E-state index is 0.205. The molecule has 0 amide bonds. The number of allylic oxidation sites excluding steroid dienone is 1. The fraction of sp³-hybridized carbons (Fsp3) is 0.875. The van der Waals surface area contributed by atoms with E-state index < -0.39 is 0 Å². The average Bonchev–Trinajstić information content (AvgIpc) is 2.28. The number of nitrogens with zero attached hydrogens (tertiary/aromatic N) is 1. The van der Waals surface area contributed by atoms with Gasteiger partial charge in [-0.1, -0.05) is 45.1 Å². The zero-order valence-corrected chi connectivity index (χ0v) is 12.3. The molecule has 0 aliphatic heterocycles. The van der Waals surface area contributed by atoms with Crippen LogP contribution in [0.1, 0.15) is 78.6 Å². The van der Waals surface area contributed by atoms with Crippen LogP contribution < -0.4 is 5.32 Å². The molecule has 0 rings (SSSR count). The highest BCUT2D eigenvalue weighted by atomic mass is 14.9. The Hall–Kier alpha value is -0.300. The summed E-state index contributed by atoms with van der Waals surface area (Å²) in [5, 5.41) is 4.78. The van der Waals surface area contributed by atoms with E-state index in [4.69, 9.17) is 5.32 Å². The first-order valence-electron chi connectivity index (χ1n) is 7.42. The Kier molecular flexibility index (Phi) is 10.6. The standard InChI is InChI=1S/C16H32N/c1-5-7-9-10-11-12-13-14-16(3,4)17-15-8-6-2/h5H,1,6-15H2,2-4H3. The number of hydrogen-bond donors (Lipinski definition) is 0. The van der Waals surface area contributed by atoms with E-state index in [1.165, 1.54) is 57.8 Å². The lowest BCUT2D eigenvalue weighted by Gasteiger charge is -2.24. The molecule has 0 fully saturated rings. The highest BCUT2D eigenvalue weighted by Crippen LogP contribution is 2.16. The van der Waals surface area contributed by atoms with Gasteiger partial charge in [0.05, 0.1) is 0 Å². The van der Waals surface area contributed by atoms with E-state index in [2.05, 4.69) is 27.4 Å². The van der Waals surface area contributed by atoms with Crippen LogP contribution in [0.15, 0.2) is 12.7 Å². The summed E-state index contributed by atoms with van der Waals surface area (Å²) >= 11 is 0. The Balaban J connectivity index is 3.35. The Morgan fingerprint density at radius 3 is 2.29 bits per heavy atom. The van der Waals surface area contributed by atoms with Gasteiger partial charge in [-0.3, -0.25) is 0 Å². The van der Waals surface area contributed by atoms with Gasteiger partial charge in [-0.25, -0.2) is 5.32 Å². The van der Waals surface area contributed by atoms with Crippen LogP contribution in [-0.2, 0) is 0 Å². The Bertz CT molecular complexity index is 172. The minimum absolute atomic E-state index is 0.205. The second-order valence-electron chi connectivity index (χ2n) is 5.64. The van der Waals surface area contributed by atoms with Crippen molar-refractivity contribution < 1.29 is 0 Å². The molecule has 101 valence electrons. The van der Waals surface area contributed by atoms with Crippen LogP contribution in [-0.4, -0.2) is 12.1 Å². The zero-order valence-electron chi connectivity index (χ0n) is 12.3. The molecule has 0 saturated carbocycles. The van der Waals surface area contributed by atoms with Crippen LogP contribution in [0, 0.1) is 0 Å². The maximum Gasteiger partial charge on any atom is 0.0300 e. The topological polar surface area (TPSA) is 14.1 Å². The molecule has 0 aliphatic rings. The summed E-state index contributed by atoms with van der Waals surface area (Å²) < 4.78 is 0. The lowest BCUT2D eigenvalue weighted by atomic mass is 9.96. The predicted molar refractivity (Wildman–Crippen MR) is 78.5 cm³/mol. The first-order valence-corrected chi connectivity index (χ1v) is 7.42. The van der Waals surface area contributed by atoms with E-state index >= 15 is 0 Å². The summed E-state index contributed by atoms with van der Waals surface area (Å²) in [5.41, 5.74) is 0.205. The third-order valence-electron chi connectivity index (χ3n) is 3.25. The highest BCUT2D eigenvalue weighted by Gasteiger charge is 2.16. The van der Waals surface area contributed by atoms with Gasteiger partial charge >= 0.3 is 0 Å². The molecule has 1 nitrogen and oxygen atoms in total. The molecule has 17 heavy (non-hydrogen) atoms. The van der Waals surface area contributed by atoms with E-state index in [1.54, 1.807) is 0 Å². The lowest BCUT2D eigenvalue weighted by Crippen LogP contribution is -2.33. The van der Waals surface area contributed by atoms with Crippen LogP contribution in [0.4, 0.5) is 0 Å². The second-order valence-corrected chi connectivity index (χ2v) is 5.64. The van der Waals surface area contributed by atoms with Crippen molar-refractivity contribution in [2.45, 2.75) is 84.1 Å². The lowest BCUT2D eigenvalue weighted by molar-refractivity contribution is 0.337. The summed E-state index contributed by atoms with van der Waals surface area (Å²) in [6.45, 7) is 11.6. The molecule has 0 N–H and O–H groups in total. The van der Waals surface area contributed by atoms with Crippen molar-refractivity contribution in [3.05, 3.63) is 12.7 Å². The zero-order chi connectivity index (χ0) is 13.0. The van der Waals surface area contributed by atoms with Crippen LogP contribution in [0.25, 0.3) is 0 Å². The van der Waals surface area contributed by atoms with Crippen molar-refractivity contribution in [1.82, 2.24) is 5.32 Å². The molecular formula is C16H32N. The van der Waals surface area contributed by atoms with Crippen molar-refractivity contribution in [3.63, 3.8) is 0 Å². The van der Waals surface area contributed by atoms with Gasteiger partial charge in [-0.15, -0.1) is 6.58 Å². The summed E-state index contributed by atoms with van der Waals surface area (Å²) in [6.07, 6.45) is 13.7. The SMILES string of the molecule is C=CCCCCCCCC(C)(C)[N]CCCC. The number of rotatable bonds is 12. The largest absolute Gasteiger partial charge is 0.236 e. The summed E-state index contributed by atoms with van der Waals surface area (Å²) in [5.74, 6) is 0. The fourth-order valence-electron chi connectivity index (χ4n) is 2.00. The molecule has 1 heteroatoms. The first kappa shape index (κ1) is 16.7. The maximum atomic E-state index is 4.78. The number of hydrogen-bond acceptors (Lipinski definition) is 0. The van der Waals surface area contributed by atoms with Gasteiger partial charge in [0.25, 0.3) is 0 Å². The molecule has 0 aromatic carbocycles. The van der Waals surface area contributed by atoms with Gasteiger partial charge in [0.15, 0.2) is 0 Å². The first-order chi connectivity index (χ1) is 8.12. The molecule has 0 unspecified atom stereocenters. The highest BCUT2D eigenvalue weighted by molar-refractivity contribution is 4.76. The molecule has 0 atom stereocenters. The van der Waals surface area contributed by atoms with Gasteiger partial charge in [-0.05, 0) is 39.5 Å². The molecular weight excluding hydrogens is 206 g/mol. The van der Waals surface area contributed by atoms with Crippen molar-refractivity contribution >= 4 is 0 Å². The number of unbranched alkanes of at least 4 members (excludes halogenated alkanes) is 6. The van der Waals surface area contributed by atoms with E-state index in [9.17, 15) is 0 Å².